The monoisotopic (exact) mass is 544 g/mol. The second-order valence-electron chi connectivity index (χ2n) is 8.80. The number of likely N-dealkylation sites (tertiary alicyclic amines) is 1. The van der Waals surface area contributed by atoms with E-state index in [2.05, 4.69) is 10.1 Å². The highest BCUT2D eigenvalue weighted by Gasteiger charge is 2.27. The minimum atomic E-state index is -3.91. The molecule has 0 spiro atoms. The number of aromatic nitrogens is 2. The van der Waals surface area contributed by atoms with E-state index >= 15 is 0 Å². The van der Waals surface area contributed by atoms with Gasteiger partial charge in [-0.25, -0.2) is 8.42 Å². The number of nitrogens with zero attached hydrogens (tertiary/aromatic N) is 4. The third-order valence-corrected chi connectivity index (χ3v) is 8.85. The van der Waals surface area contributed by atoms with Gasteiger partial charge in [-0.2, -0.15) is 9.29 Å². The van der Waals surface area contributed by atoms with Crippen LogP contribution in [0.5, 0.6) is 5.75 Å². The first-order valence-electron chi connectivity index (χ1n) is 12.3. The second-order valence-corrected chi connectivity index (χ2v) is 11.7. The third kappa shape index (κ3) is 6.34. The number of hydrogen-bond acceptors (Lipinski definition) is 8. The van der Waals surface area contributed by atoms with Crippen LogP contribution in [0.2, 0.25) is 0 Å². The molecule has 9 nitrogen and oxygen atoms in total. The van der Waals surface area contributed by atoms with E-state index in [1.807, 2.05) is 42.3 Å². The molecule has 0 saturated carbocycles. The summed E-state index contributed by atoms with van der Waals surface area (Å²) in [7, 11) is -2.46. The molecule has 2 aromatic carbocycles. The molecular weight excluding hydrogens is 512 g/mol. The van der Waals surface area contributed by atoms with E-state index in [0.29, 0.717) is 31.1 Å². The zero-order valence-corrected chi connectivity index (χ0v) is 23.0. The summed E-state index contributed by atoms with van der Waals surface area (Å²) in [5.41, 5.74) is 1.15. The summed E-state index contributed by atoms with van der Waals surface area (Å²) in [5, 5.41) is 3.99. The maximum absolute atomic E-state index is 13.4. The normalized spacial score (nSPS) is 14.5. The lowest BCUT2D eigenvalue weighted by Gasteiger charge is -2.22. The van der Waals surface area contributed by atoms with Crippen molar-refractivity contribution in [1.82, 2.24) is 19.3 Å². The zero-order chi connectivity index (χ0) is 26.4. The molecule has 2 heterocycles. The minimum Gasteiger partial charge on any atom is -0.494 e. The molecule has 0 bridgehead atoms. The van der Waals surface area contributed by atoms with Crippen molar-refractivity contribution in [3.63, 3.8) is 0 Å². The molecule has 1 aliphatic rings. The molecule has 4 rings (SSSR count). The van der Waals surface area contributed by atoms with Crippen LogP contribution < -0.4 is 4.74 Å². The Hall–Kier alpha value is -2.89. The van der Waals surface area contributed by atoms with Crippen LogP contribution in [0.15, 0.2) is 56.8 Å². The van der Waals surface area contributed by atoms with Gasteiger partial charge >= 0.3 is 0 Å². The van der Waals surface area contributed by atoms with E-state index in [9.17, 15) is 13.2 Å². The van der Waals surface area contributed by atoms with E-state index in [-0.39, 0.29) is 23.2 Å². The van der Waals surface area contributed by atoms with Gasteiger partial charge in [0, 0.05) is 30.6 Å². The molecule has 0 atom stereocenters. The van der Waals surface area contributed by atoms with E-state index in [1.165, 1.54) is 30.9 Å². The first-order chi connectivity index (χ1) is 17.8. The highest BCUT2D eigenvalue weighted by atomic mass is 32.2. The molecule has 3 aromatic rings. The number of carbonyl (C=O) groups excluding carboxylic acids is 1. The molecule has 0 unspecified atom stereocenters. The van der Waals surface area contributed by atoms with Gasteiger partial charge in [0.05, 0.1) is 23.6 Å². The molecule has 0 radical (unpaired) electrons. The summed E-state index contributed by atoms with van der Waals surface area (Å²) in [6.07, 6.45) is 6.02. The summed E-state index contributed by atoms with van der Waals surface area (Å²) in [6.45, 7) is 3.76. The van der Waals surface area contributed by atoms with Crippen LogP contribution in [0.1, 0.15) is 48.9 Å². The maximum Gasteiger partial charge on any atom is 0.255 e. The largest absolute Gasteiger partial charge is 0.494 e. The first kappa shape index (κ1) is 27.2. The average Bonchev–Trinajstić information content (AvgIpc) is 3.20. The fourth-order valence-corrected chi connectivity index (χ4v) is 5.93. The molecule has 1 amide bonds. The smallest absolute Gasteiger partial charge is 0.255 e. The Balaban J connectivity index is 1.52. The van der Waals surface area contributed by atoms with Crippen LogP contribution in [0.25, 0.3) is 11.4 Å². The molecule has 37 heavy (non-hydrogen) atoms. The summed E-state index contributed by atoms with van der Waals surface area (Å²) < 4.78 is 38.7. The Morgan fingerprint density at radius 1 is 1.11 bits per heavy atom. The number of rotatable bonds is 9. The summed E-state index contributed by atoms with van der Waals surface area (Å²) in [4.78, 5) is 20.3. The average molecular weight is 545 g/mol. The Morgan fingerprint density at radius 3 is 2.46 bits per heavy atom. The summed E-state index contributed by atoms with van der Waals surface area (Å²) in [6, 6.07) is 12.0. The molecule has 1 fully saturated rings. The van der Waals surface area contributed by atoms with Gasteiger partial charge in [0.15, 0.2) is 0 Å². The molecule has 0 aliphatic carbocycles. The van der Waals surface area contributed by atoms with Crippen LogP contribution >= 0.6 is 11.8 Å². The molecular formula is C26H32N4O5S2. The van der Waals surface area contributed by atoms with E-state index in [0.717, 1.165) is 46.2 Å². The predicted molar refractivity (Wildman–Crippen MR) is 142 cm³/mol. The van der Waals surface area contributed by atoms with Crippen molar-refractivity contribution >= 4 is 27.7 Å². The minimum absolute atomic E-state index is 0.0530. The zero-order valence-electron chi connectivity index (χ0n) is 21.3. The SMILES string of the molecule is CCOc1ccc(-c2noc(CN(C)S(=O)(=O)c3ccc(SC)c(C(=O)N4CCCCCC4)c3)n2)cc1. The van der Waals surface area contributed by atoms with Crippen LogP contribution in [0, 0.1) is 0 Å². The molecule has 1 aliphatic heterocycles. The molecule has 0 N–H and O–H groups in total. The number of hydrogen-bond donors (Lipinski definition) is 0. The second kappa shape index (κ2) is 12.1. The fourth-order valence-electron chi connectivity index (χ4n) is 4.22. The quantitative estimate of drug-likeness (QED) is 0.357. The number of ether oxygens (including phenoxy) is 1. The Kier molecular flexibility index (Phi) is 8.88. The van der Waals surface area contributed by atoms with Crippen LogP contribution in [0.3, 0.4) is 0 Å². The van der Waals surface area contributed by atoms with Crippen molar-refractivity contribution in [3.8, 4) is 17.1 Å². The van der Waals surface area contributed by atoms with E-state index < -0.39 is 10.0 Å². The first-order valence-corrected chi connectivity index (χ1v) is 15.0. The number of benzene rings is 2. The fraction of sp³-hybridized carbons (Fsp3) is 0.423. The number of sulfonamides is 1. The molecule has 11 heteroatoms. The van der Waals surface area contributed by atoms with Crippen LogP contribution in [-0.4, -0.2) is 66.7 Å². The predicted octanol–water partition coefficient (Wildman–Crippen LogP) is 4.69. The standard InChI is InChI=1S/C26H32N4O5S2/c1-4-34-20-11-9-19(10-12-20)25-27-24(35-28-25)18-29(2)37(32,33)21-13-14-23(36-3)22(17-21)26(31)30-15-7-5-6-8-16-30/h9-14,17H,4-8,15-16,18H2,1-3H3. The summed E-state index contributed by atoms with van der Waals surface area (Å²) >= 11 is 1.43. The maximum atomic E-state index is 13.4. The lowest BCUT2D eigenvalue weighted by Crippen LogP contribution is -2.32. The van der Waals surface area contributed by atoms with Gasteiger partial charge in [-0.3, -0.25) is 4.79 Å². The van der Waals surface area contributed by atoms with Gasteiger partial charge in [-0.15, -0.1) is 11.8 Å². The lowest BCUT2D eigenvalue weighted by atomic mass is 10.2. The van der Waals surface area contributed by atoms with E-state index in [1.54, 1.807) is 6.07 Å². The molecule has 1 saturated heterocycles. The van der Waals surface area contributed by atoms with Gasteiger partial charge in [-0.1, -0.05) is 18.0 Å². The van der Waals surface area contributed by atoms with Gasteiger partial charge < -0.3 is 14.2 Å². The van der Waals surface area contributed by atoms with Crippen molar-refractivity contribution in [3.05, 3.63) is 53.9 Å². The Morgan fingerprint density at radius 2 is 1.81 bits per heavy atom. The molecule has 198 valence electrons. The number of amides is 1. The molecule has 1 aromatic heterocycles. The van der Waals surface area contributed by atoms with Gasteiger partial charge in [-0.05, 0) is 68.5 Å². The van der Waals surface area contributed by atoms with Gasteiger partial charge in [0.2, 0.25) is 21.7 Å². The van der Waals surface area contributed by atoms with E-state index in [4.69, 9.17) is 9.26 Å². The Labute approximate surface area is 222 Å². The van der Waals surface area contributed by atoms with Gasteiger partial charge in [0.25, 0.3) is 5.91 Å². The van der Waals surface area contributed by atoms with Gasteiger partial charge in [0.1, 0.15) is 5.75 Å². The number of thioether (sulfide) groups is 1. The lowest BCUT2D eigenvalue weighted by molar-refractivity contribution is 0.0758. The van der Waals surface area contributed by atoms with Crippen LogP contribution in [-0.2, 0) is 16.6 Å². The van der Waals surface area contributed by atoms with Crippen LogP contribution in [0.4, 0.5) is 0 Å². The highest BCUT2D eigenvalue weighted by Crippen LogP contribution is 2.28. The van der Waals surface area contributed by atoms with Crippen molar-refractivity contribution in [2.75, 3.05) is 33.0 Å². The van der Waals surface area contributed by atoms with Crippen molar-refractivity contribution < 1.29 is 22.5 Å². The van der Waals surface area contributed by atoms with Crippen molar-refractivity contribution in [2.24, 2.45) is 0 Å². The number of carbonyl (C=O) groups is 1. The topological polar surface area (TPSA) is 106 Å². The van der Waals surface area contributed by atoms with Crippen molar-refractivity contribution in [1.29, 1.82) is 0 Å². The van der Waals surface area contributed by atoms with Crippen molar-refractivity contribution in [2.45, 2.75) is 48.9 Å². The highest BCUT2D eigenvalue weighted by molar-refractivity contribution is 7.98. The summed E-state index contributed by atoms with van der Waals surface area (Å²) in [5.74, 6) is 1.14. The Bertz CT molecular complexity index is 1320. The third-order valence-electron chi connectivity index (χ3n) is 6.25.